The first-order valence-electron chi connectivity index (χ1n) is 21.5. The fourth-order valence-corrected chi connectivity index (χ4v) is 6.01. The topological polar surface area (TPSA) is 173 Å². The quantitative estimate of drug-likeness (QED) is 0.0608. The zero-order chi connectivity index (χ0) is 39.7. The van der Waals surface area contributed by atoms with Crippen molar-refractivity contribution < 1.29 is 42.8 Å². The van der Waals surface area contributed by atoms with Crippen LogP contribution < -0.4 is 11.1 Å². The van der Waals surface area contributed by atoms with Crippen molar-refractivity contribution >= 4 is 17.6 Å². The number of unbranched alkanes of at least 4 members (excludes halogenated alkanes) is 14. The zero-order valence-electron chi connectivity index (χ0n) is 34.5. The first kappa shape index (κ1) is 50.6. The number of nitrogens with two attached hydrogens (primary N) is 1. The van der Waals surface area contributed by atoms with Gasteiger partial charge in [0.15, 0.2) is 0 Å². The molecule has 1 heterocycles. The summed E-state index contributed by atoms with van der Waals surface area (Å²) < 4.78 is 33.3. The molecule has 0 aliphatic heterocycles. The van der Waals surface area contributed by atoms with Gasteiger partial charge in [0.1, 0.15) is 5.78 Å². The monoisotopic (exact) mass is 783 g/mol. The molecule has 13 heteroatoms. The number of rotatable bonds is 44. The molecule has 0 aliphatic rings. The minimum Gasteiger partial charge on any atom is -0.379 e. The standard InChI is InChI=1S/C42H78N4O9/c1-2-3-4-5-6-7-8-9-10-11-12-13-14-17-23-50-25-27-52-29-31-54-33-34-55-32-30-53-28-26-51-24-21-41(48)45-22-16-15-18-38(42(43)49)35-40(47)20-19-39-36-44-37-46-39/h36-38H,2-35H2,1H3,(H2,43,49)(H,44,46)(H,45,48)/t38-/m1/s1. The van der Waals surface area contributed by atoms with Crippen molar-refractivity contribution in [1.82, 2.24) is 15.3 Å². The van der Waals surface area contributed by atoms with Gasteiger partial charge in [-0.15, -0.1) is 0 Å². The average molecular weight is 783 g/mol. The fraction of sp³-hybridized carbons (Fsp3) is 0.857. The number of imidazole rings is 1. The predicted molar refractivity (Wildman–Crippen MR) is 216 cm³/mol. The van der Waals surface area contributed by atoms with Crippen LogP contribution in [-0.4, -0.2) is 113 Å². The lowest BCUT2D eigenvalue weighted by atomic mass is 9.94. The number of hydrogen-bond acceptors (Lipinski definition) is 10. The molecule has 0 spiro atoms. The van der Waals surface area contributed by atoms with Crippen molar-refractivity contribution in [2.45, 2.75) is 142 Å². The Morgan fingerprint density at radius 2 is 1.09 bits per heavy atom. The Morgan fingerprint density at radius 3 is 1.56 bits per heavy atom. The molecule has 1 aromatic heterocycles. The second-order valence-electron chi connectivity index (χ2n) is 14.3. The first-order chi connectivity index (χ1) is 27.0. The molecule has 0 fully saturated rings. The molecule has 0 saturated heterocycles. The molecule has 0 aliphatic carbocycles. The number of nitrogens with zero attached hydrogens (tertiary/aromatic N) is 1. The van der Waals surface area contributed by atoms with Crippen LogP contribution in [0, 0.1) is 5.92 Å². The Balaban J connectivity index is 1.73. The summed E-state index contributed by atoms with van der Waals surface area (Å²) >= 11 is 0. The molecular weight excluding hydrogens is 704 g/mol. The number of amides is 2. The highest BCUT2D eigenvalue weighted by Crippen LogP contribution is 2.15. The highest BCUT2D eigenvalue weighted by molar-refractivity contribution is 5.86. The lowest BCUT2D eigenvalue weighted by Gasteiger charge is -2.12. The second-order valence-corrected chi connectivity index (χ2v) is 14.3. The van der Waals surface area contributed by atoms with Crippen molar-refractivity contribution in [2.75, 3.05) is 85.8 Å². The predicted octanol–water partition coefficient (Wildman–Crippen LogP) is 6.66. The number of ether oxygens (including phenoxy) is 6. The summed E-state index contributed by atoms with van der Waals surface area (Å²) in [6, 6.07) is 0. The third-order valence-corrected chi connectivity index (χ3v) is 9.38. The van der Waals surface area contributed by atoms with Gasteiger partial charge in [0.05, 0.1) is 79.0 Å². The SMILES string of the molecule is CCCCCCCCCCCCCCCCOCCOCCOCCOCCOCCOCCC(=O)NCCCC[C@H](CC(=O)CCc1cnc[nH]1)C(N)=O. The maximum atomic E-state index is 12.3. The number of aromatic nitrogens is 2. The van der Waals surface area contributed by atoms with E-state index in [1.807, 2.05) is 0 Å². The van der Waals surface area contributed by atoms with Crippen molar-refractivity contribution in [3.05, 3.63) is 18.2 Å². The number of H-pyrrole nitrogens is 1. The number of ketones is 1. The maximum absolute atomic E-state index is 12.3. The van der Waals surface area contributed by atoms with Gasteiger partial charge in [0, 0.05) is 50.2 Å². The molecule has 0 unspecified atom stereocenters. The van der Waals surface area contributed by atoms with E-state index in [0.717, 1.165) is 18.7 Å². The number of nitrogens with one attached hydrogen (secondary N) is 2. The van der Waals surface area contributed by atoms with Crippen LogP contribution in [0.15, 0.2) is 12.5 Å². The summed E-state index contributed by atoms with van der Waals surface area (Å²) in [5, 5.41) is 2.86. The van der Waals surface area contributed by atoms with Gasteiger partial charge in [-0.2, -0.15) is 0 Å². The number of carbonyl (C=O) groups is 3. The molecule has 0 aromatic carbocycles. The van der Waals surface area contributed by atoms with Crippen LogP contribution in [0.5, 0.6) is 0 Å². The van der Waals surface area contributed by atoms with Crippen LogP contribution in [0.3, 0.4) is 0 Å². The molecule has 2 amide bonds. The van der Waals surface area contributed by atoms with Crippen LogP contribution in [0.4, 0.5) is 0 Å². The number of hydrogen-bond donors (Lipinski definition) is 3. The van der Waals surface area contributed by atoms with E-state index >= 15 is 0 Å². The molecule has 0 saturated carbocycles. The van der Waals surface area contributed by atoms with Gasteiger partial charge in [-0.25, -0.2) is 4.98 Å². The Morgan fingerprint density at radius 1 is 0.618 bits per heavy atom. The lowest BCUT2D eigenvalue weighted by Crippen LogP contribution is -2.27. The highest BCUT2D eigenvalue weighted by Gasteiger charge is 2.19. The molecular formula is C42H78N4O9. The minimum absolute atomic E-state index is 0.00508. The van der Waals surface area contributed by atoms with Gasteiger partial charge >= 0.3 is 0 Å². The number of carbonyl (C=O) groups excluding carboxylic acids is 3. The van der Waals surface area contributed by atoms with E-state index in [0.29, 0.717) is 111 Å². The Labute approximate surface area is 332 Å². The van der Waals surface area contributed by atoms with E-state index in [-0.39, 0.29) is 24.5 Å². The van der Waals surface area contributed by atoms with E-state index in [2.05, 4.69) is 22.2 Å². The summed E-state index contributed by atoms with van der Waals surface area (Å²) in [6.45, 7) is 8.96. The zero-order valence-corrected chi connectivity index (χ0v) is 34.5. The Hall–Kier alpha value is -2.42. The molecule has 0 bridgehead atoms. The Kier molecular flexibility index (Phi) is 36.6. The van der Waals surface area contributed by atoms with E-state index in [9.17, 15) is 14.4 Å². The molecule has 1 atom stereocenters. The lowest BCUT2D eigenvalue weighted by molar-refractivity contribution is -0.127. The number of aromatic amines is 1. The van der Waals surface area contributed by atoms with Crippen LogP contribution in [0.2, 0.25) is 0 Å². The maximum Gasteiger partial charge on any atom is 0.222 e. The van der Waals surface area contributed by atoms with E-state index < -0.39 is 11.8 Å². The summed E-state index contributed by atoms with van der Waals surface area (Å²) in [5.41, 5.74) is 6.39. The molecule has 1 aromatic rings. The summed E-state index contributed by atoms with van der Waals surface area (Å²) in [7, 11) is 0. The largest absolute Gasteiger partial charge is 0.379 e. The summed E-state index contributed by atoms with van der Waals surface area (Å²) in [6.07, 6.45) is 25.6. The Bertz CT molecular complexity index is 1000. The number of primary amides is 1. The highest BCUT2D eigenvalue weighted by atomic mass is 16.6. The minimum atomic E-state index is -0.485. The second kappa shape index (κ2) is 39.8. The number of aryl methyl sites for hydroxylation is 1. The molecule has 0 radical (unpaired) electrons. The van der Waals surface area contributed by atoms with Gasteiger partial charge < -0.3 is 44.5 Å². The molecule has 1 rings (SSSR count). The fourth-order valence-electron chi connectivity index (χ4n) is 6.01. The van der Waals surface area contributed by atoms with Crippen LogP contribution in [-0.2, 0) is 49.2 Å². The average Bonchev–Trinajstić information content (AvgIpc) is 3.71. The van der Waals surface area contributed by atoms with Gasteiger partial charge in [-0.1, -0.05) is 96.8 Å². The smallest absolute Gasteiger partial charge is 0.222 e. The molecule has 55 heavy (non-hydrogen) atoms. The van der Waals surface area contributed by atoms with Crippen molar-refractivity contribution in [3.63, 3.8) is 0 Å². The van der Waals surface area contributed by atoms with Crippen molar-refractivity contribution in [2.24, 2.45) is 11.7 Å². The normalized spacial score (nSPS) is 11.9. The van der Waals surface area contributed by atoms with Crippen LogP contribution in [0.1, 0.15) is 141 Å². The van der Waals surface area contributed by atoms with E-state index in [4.69, 9.17) is 34.2 Å². The van der Waals surface area contributed by atoms with E-state index in [1.165, 1.54) is 83.5 Å². The van der Waals surface area contributed by atoms with Crippen molar-refractivity contribution in [1.29, 1.82) is 0 Å². The van der Waals surface area contributed by atoms with Crippen LogP contribution in [0.25, 0.3) is 0 Å². The third kappa shape index (κ3) is 35.7. The van der Waals surface area contributed by atoms with E-state index in [1.54, 1.807) is 12.5 Å². The van der Waals surface area contributed by atoms with Gasteiger partial charge in [-0.05, 0) is 25.7 Å². The van der Waals surface area contributed by atoms with Crippen molar-refractivity contribution in [3.8, 4) is 0 Å². The number of Topliss-reactive ketones (excluding diaryl/α,β-unsaturated/α-hetero) is 1. The summed E-state index contributed by atoms with van der Waals surface area (Å²) in [4.78, 5) is 43.0. The molecule has 320 valence electrons. The first-order valence-corrected chi connectivity index (χ1v) is 21.5. The van der Waals surface area contributed by atoms with Gasteiger partial charge in [-0.3, -0.25) is 14.4 Å². The van der Waals surface area contributed by atoms with Crippen LogP contribution >= 0.6 is 0 Å². The summed E-state index contributed by atoms with van der Waals surface area (Å²) in [5.74, 6) is -1.04. The molecule has 13 nitrogen and oxygen atoms in total. The van der Waals surface area contributed by atoms with Gasteiger partial charge in [0.2, 0.25) is 11.8 Å². The molecule has 4 N–H and O–H groups in total. The van der Waals surface area contributed by atoms with Gasteiger partial charge in [0.25, 0.3) is 0 Å². The third-order valence-electron chi connectivity index (χ3n) is 9.38.